The van der Waals surface area contributed by atoms with Crippen molar-refractivity contribution in [2.45, 2.75) is 13.0 Å². The summed E-state index contributed by atoms with van der Waals surface area (Å²) in [6.45, 7) is 6.19. The van der Waals surface area contributed by atoms with Crippen molar-refractivity contribution in [2.24, 2.45) is 0 Å². The first-order valence-electron chi connectivity index (χ1n) is 5.69. The van der Waals surface area contributed by atoms with E-state index < -0.39 is 0 Å². The van der Waals surface area contributed by atoms with Gasteiger partial charge >= 0.3 is 0 Å². The van der Waals surface area contributed by atoms with Gasteiger partial charge in [0.2, 0.25) is 0 Å². The van der Waals surface area contributed by atoms with Gasteiger partial charge in [-0.2, -0.15) is 0 Å². The Labute approximate surface area is 141 Å². The third kappa shape index (κ3) is 4.82. The van der Waals surface area contributed by atoms with Crippen LogP contribution in [0, 0.1) is 0 Å². The van der Waals surface area contributed by atoms with Gasteiger partial charge in [-0.05, 0) is 24.6 Å². The zero-order valence-electron chi connectivity index (χ0n) is 10.5. The minimum absolute atomic E-state index is 0. The fraction of sp³-hybridized carbons (Fsp3) is 0.500. The van der Waals surface area contributed by atoms with Crippen LogP contribution in [0.2, 0.25) is 15.1 Å². The van der Waals surface area contributed by atoms with Gasteiger partial charge in [0.05, 0.1) is 10.0 Å². The molecule has 1 aromatic carbocycles. The summed E-state index contributed by atoms with van der Waals surface area (Å²) in [5.74, 6) is 0. The molecule has 1 heterocycles. The SMILES string of the molecule is C[C@@H](c1cc(Cl)cc(Cl)c1Cl)N1CCNCC1.Cl.Cl. The smallest absolute Gasteiger partial charge is 0.0641 e. The summed E-state index contributed by atoms with van der Waals surface area (Å²) in [7, 11) is 0. The molecule has 0 spiro atoms. The van der Waals surface area contributed by atoms with Crippen LogP contribution in [0.4, 0.5) is 0 Å². The lowest BCUT2D eigenvalue weighted by atomic mass is 10.1. The van der Waals surface area contributed by atoms with Crippen LogP contribution in [0.1, 0.15) is 18.5 Å². The van der Waals surface area contributed by atoms with E-state index in [4.69, 9.17) is 34.8 Å². The molecule has 0 radical (unpaired) electrons. The number of hydrogen-bond donors (Lipinski definition) is 1. The molecule has 7 heteroatoms. The molecule has 0 aliphatic carbocycles. The van der Waals surface area contributed by atoms with Gasteiger partial charge in [0, 0.05) is 37.2 Å². The topological polar surface area (TPSA) is 15.3 Å². The molecule has 0 bridgehead atoms. The van der Waals surface area contributed by atoms with Gasteiger partial charge in [-0.3, -0.25) is 4.90 Å². The molecular weight excluding hydrogens is 349 g/mol. The number of hydrogen-bond acceptors (Lipinski definition) is 2. The van der Waals surface area contributed by atoms with Crippen molar-refractivity contribution < 1.29 is 0 Å². The molecule has 2 rings (SSSR count). The zero-order chi connectivity index (χ0) is 12.4. The fourth-order valence-electron chi connectivity index (χ4n) is 2.15. The number of rotatable bonds is 2. The van der Waals surface area contributed by atoms with E-state index in [9.17, 15) is 0 Å². The number of nitrogens with zero attached hydrogens (tertiary/aromatic N) is 1. The monoisotopic (exact) mass is 364 g/mol. The highest BCUT2D eigenvalue weighted by Gasteiger charge is 2.21. The van der Waals surface area contributed by atoms with Crippen LogP contribution in [0.3, 0.4) is 0 Å². The lowest BCUT2D eigenvalue weighted by Crippen LogP contribution is -2.44. The van der Waals surface area contributed by atoms with E-state index in [1.807, 2.05) is 6.07 Å². The van der Waals surface area contributed by atoms with Crippen LogP contribution < -0.4 is 5.32 Å². The lowest BCUT2D eigenvalue weighted by Gasteiger charge is -2.33. The third-order valence-corrected chi connectivity index (χ3v) is 4.21. The van der Waals surface area contributed by atoms with Crippen molar-refractivity contribution >= 4 is 59.6 Å². The van der Waals surface area contributed by atoms with Crippen LogP contribution >= 0.6 is 59.6 Å². The summed E-state index contributed by atoms with van der Waals surface area (Å²) in [6, 6.07) is 3.82. The van der Waals surface area contributed by atoms with Gasteiger partial charge in [0.25, 0.3) is 0 Å². The molecule has 1 aromatic rings. The summed E-state index contributed by atoms with van der Waals surface area (Å²) < 4.78 is 0. The molecule has 110 valence electrons. The Morgan fingerprint density at radius 2 is 1.68 bits per heavy atom. The van der Waals surface area contributed by atoms with Crippen molar-refractivity contribution in [3.63, 3.8) is 0 Å². The first-order valence-corrected chi connectivity index (χ1v) is 6.82. The fourth-order valence-corrected chi connectivity index (χ4v) is 2.92. The summed E-state index contributed by atoms with van der Waals surface area (Å²) >= 11 is 18.3. The van der Waals surface area contributed by atoms with E-state index in [1.165, 1.54) is 0 Å². The third-order valence-electron chi connectivity index (χ3n) is 3.17. The standard InChI is InChI=1S/C12H15Cl3N2.2ClH/c1-8(17-4-2-16-3-5-17)10-6-9(13)7-11(14)12(10)15;;/h6-8,16H,2-5H2,1H3;2*1H/t8-;;/m0../s1. The molecule has 1 fully saturated rings. The second kappa shape index (κ2) is 8.78. The predicted molar refractivity (Wildman–Crippen MR) is 88.8 cm³/mol. The van der Waals surface area contributed by atoms with E-state index >= 15 is 0 Å². The highest BCUT2D eigenvalue weighted by molar-refractivity contribution is 6.43. The zero-order valence-corrected chi connectivity index (χ0v) is 14.4. The molecule has 0 amide bonds. The Balaban J connectivity index is 0.00000162. The maximum atomic E-state index is 6.25. The van der Waals surface area contributed by atoms with Crippen molar-refractivity contribution in [1.29, 1.82) is 0 Å². The molecule has 0 unspecified atom stereocenters. The second-order valence-corrected chi connectivity index (χ2v) is 5.47. The van der Waals surface area contributed by atoms with Crippen molar-refractivity contribution in [2.75, 3.05) is 26.2 Å². The van der Waals surface area contributed by atoms with Crippen molar-refractivity contribution in [3.05, 3.63) is 32.8 Å². The number of benzene rings is 1. The Morgan fingerprint density at radius 3 is 2.26 bits per heavy atom. The quantitative estimate of drug-likeness (QED) is 0.778. The van der Waals surface area contributed by atoms with Gasteiger partial charge in [0.1, 0.15) is 0 Å². The maximum Gasteiger partial charge on any atom is 0.0641 e. The van der Waals surface area contributed by atoms with Crippen LogP contribution in [0.15, 0.2) is 12.1 Å². The van der Waals surface area contributed by atoms with Crippen LogP contribution in [0.25, 0.3) is 0 Å². The summed E-state index contributed by atoms with van der Waals surface area (Å²) in [5.41, 5.74) is 1.01. The summed E-state index contributed by atoms with van der Waals surface area (Å²) in [4.78, 5) is 2.38. The van der Waals surface area contributed by atoms with Gasteiger partial charge in [-0.25, -0.2) is 0 Å². The number of halogens is 5. The Kier molecular flexibility index (Phi) is 9.06. The molecule has 1 saturated heterocycles. The van der Waals surface area contributed by atoms with E-state index in [0.717, 1.165) is 31.7 Å². The van der Waals surface area contributed by atoms with Crippen LogP contribution in [0.5, 0.6) is 0 Å². The van der Waals surface area contributed by atoms with Gasteiger partial charge in [-0.15, -0.1) is 24.8 Å². The lowest BCUT2D eigenvalue weighted by molar-refractivity contribution is 0.185. The molecule has 1 atom stereocenters. The molecule has 1 N–H and O–H groups in total. The van der Waals surface area contributed by atoms with Crippen LogP contribution in [-0.2, 0) is 0 Å². The first kappa shape index (κ1) is 19.6. The molecule has 1 aliphatic heterocycles. The second-order valence-electron chi connectivity index (χ2n) is 4.25. The van der Waals surface area contributed by atoms with Gasteiger partial charge in [0.15, 0.2) is 0 Å². The average Bonchev–Trinajstić information content (AvgIpc) is 2.34. The minimum atomic E-state index is 0. The summed E-state index contributed by atoms with van der Waals surface area (Å²) in [6.07, 6.45) is 0. The maximum absolute atomic E-state index is 6.25. The van der Waals surface area contributed by atoms with Gasteiger partial charge < -0.3 is 5.32 Å². The number of piperazine rings is 1. The minimum Gasteiger partial charge on any atom is -0.314 e. The Bertz CT molecular complexity index is 407. The normalized spacial score (nSPS) is 17.3. The highest BCUT2D eigenvalue weighted by atomic mass is 35.5. The Morgan fingerprint density at radius 1 is 1.11 bits per heavy atom. The first-order chi connectivity index (χ1) is 8.09. The molecule has 19 heavy (non-hydrogen) atoms. The molecule has 0 aromatic heterocycles. The largest absolute Gasteiger partial charge is 0.314 e. The van der Waals surface area contributed by atoms with Crippen molar-refractivity contribution in [1.82, 2.24) is 10.2 Å². The van der Waals surface area contributed by atoms with Crippen molar-refractivity contribution in [3.8, 4) is 0 Å². The average molecular weight is 367 g/mol. The molecule has 2 nitrogen and oxygen atoms in total. The predicted octanol–water partition coefficient (Wildman–Crippen LogP) is 4.46. The van der Waals surface area contributed by atoms with Gasteiger partial charge in [-0.1, -0.05) is 34.8 Å². The highest BCUT2D eigenvalue weighted by Crippen LogP contribution is 2.35. The molecule has 0 saturated carbocycles. The van der Waals surface area contributed by atoms with E-state index in [2.05, 4.69) is 17.1 Å². The molecular formula is C12H17Cl5N2. The van der Waals surface area contributed by atoms with E-state index in [-0.39, 0.29) is 30.9 Å². The molecule has 1 aliphatic rings. The number of nitrogens with one attached hydrogen (secondary N) is 1. The van der Waals surface area contributed by atoms with E-state index in [1.54, 1.807) is 6.07 Å². The van der Waals surface area contributed by atoms with E-state index in [0.29, 0.717) is 15.1 Å². The summed E-state index contributed by atoms with van der Waals surface area (Å²) in [5, 5.41) is 5.10. The van der Waals surface area contributed by atoms with Crippen LogP contribution in [-0.4, -0.2) is 31.1 Å². The Hall–Kier alpha value is 0.590.